The highest BCUT2D eigenvalue weighted by Crippen LogP contribution is 2.36. The number of benzene rings is 2. The third-order valence-corrected chi connectivity index (χ3v) is 7.64. The minimum Gasteiger partial charge on any atom is -0.497 e. The number of hydrogen-bond donors (Lipinski definition) is 0. The third kappa shape index (κ3) is 4.16. The number of esters is 1. The summed E-state index contributed by atoms with van der Waals surface area (Å²) in [6.45, 7) is 7.86. The number of thiazole rings is 1. The molecule has 1 atom stereocenters. The maximum absolute atomic E-state index is 14.1. The molecule has 2 aromatic carbocycles. The highest BCUT2D eigenvalue weighted by molar-refractivity contribution is 7.07. The fourth-order valence-corrected chi connectivity index (χ4v) is 6.09. The van der Waals surface area contributed by atoms with Crippen LogP contribution in [-0.4, -0.2) is 36.2 Å². The summed E-state index contributed by atoms with van der Waals surface area (Å²) >= 11 is 1.17. The molecule has 196 valence electrons. The molecule has 1 aromatic heterocycles. The summed E-state index contributed by atoms with van der Waals surface area (Å²) in [5, 5.41) is 0. The molecule has 0 N–H and O–H groups in total. The topological polar surface area (TPSA) is 90.2 Å². The van der Waals surface area contributed by atoms with Crippen LogP contribution >= 0.6 is 11.3 Å². The Labute approximate surface area is 224 Å². The minimum absolute atomic E-state index is 0.200. The largest absolute Gasteiger partial charge is 0.497 e. The number of rotatable bonds is 6. The van der Waals surface area contributed by atoms with E-state index in [-0.39, 0.29) is 17.6 Å². The molecule has 0 saturated carbocycles. The van der Waals surface area contributed by atoms with E-state index < -0.39 is 12.0 Å². The molecular formula is C29H29N3O5S. The van der Waals surface area contributed by atoms with Crippen LogP contribution in [0.1, 0.15) is 51.3 Å². The summed E-state index contributed by atoms with van der Waals surface area (Å²) in [7, 11) is 1.58. The fourth-order valence-electron chi connectivity index (χ4n) is 4.96. The van der Waals surface area contributed by atoms with E-state index in [4.69, 9.17) is 9.47 Å². The van der Waals surface area contributed by atoms with Gasteiger partial charge in [0.15, 0.2) is 4.80 Å². The summed E-state index contributed by atoms with van der Waals surface area (Å²) in [4.78, 5) is 47.9. The van der Waals surface area contributed by atoms with Crippen molar-refractivity contribution in [3.8, 4) is 5.75 Å². The number of methoxy groups -OCH3 is 1. The van der Waals surface area contributed by atoms with Crippen molar-refractivity contribution in [2.24, 2.45) is 4.99 Å². The number of aromatic nitrogens is 1. The molecule has 0 saturated heterocycles. The average molecular weight is 532 g/mol. The predicted molar refractivity (Wildman–Crippen MR) is 146 cm³/mol. The molecule has 0 aliphatic carbocycles. The van der Waals surface area contributed by atoms with Crippen molar-refractivity contribution in [3.63, 3.8) is 0 Å². The molecule has 0 fully saturated rings. The van der Waals surface area contributed by atoms with Gasteiger partial charge in [-0.1, -0.05) is 48.6 Å². The van der Waals surface area contributed by atoms with Gasteiger partial charge in [0, 0.05) is 12.1 Å². The standard InChI is InChI=1S/C29H29N3O5S/c1-6-15-31-21-10-8-7-9-20(21)23(26(31)33)25-27(34)32-24(18-11-13-19(36-5)14-12-18)22(28(35)37-16(2)3)17(4)30-29(32)38-25/h7-14,16,24H,6,15H2,1-5H3/b25-23+/t24-/m1/s1. The molecule has 0 bridgehead atoms. The molecule has 8 nitrogen and oxygen atoms in total. The van der Waals surface area contributed by atoms with Crippen LogP contribution < -0.4 is 24.5 Å². The summed E-state index contributed by atoms with van der Waals surface area (Å²) in [5.41, 5.74) is 3.00. The van der Waals surface area contributed by atoms with Gasteiger partial charge >= 0.3 is 5.97 Å². The molecule has 9 heteroatoms. The van der Waals surface area contributed by atoms with Gasteiger partial charge in [-0.25, -0.2) is 9.79 Å². The van der Waals surface area contributed by atoms with Crippen molar-refractivity contribution in [1.82, 2.24) is 4.57 Å². The molecule has 2 aliphatic rings. The van der Waals surface area contributed by atoms with E-state index in [1.54, 1.807) is 44.9 Å². The van der Waals surface area contributed by atoms with Gasteiger partial charge in [0.05, 0.1) is 41.8 Å². The van der Waals surface area contributed by atoms with Gasteiger partial charge in [-0.15, -0.1) is 0 Å². The fraction of sp³-hybridized carbons (Fsp3) is 0.310. The van der Waals surface area contributed by atoms with Crippen molar-refractivity contribution in [1.29, 1.82) is 0 Å². The lowest BCUT2D eigenvalue weighted by molar-refractivity contribution is -0.143. The molecule has 5 rings (SSSR count). The Balaban J connectivity index is 1.79. The maximum atomic E-state index is 14.1. The Bertz CT molecular complexity index is 1650. The molecule has 3 heterocycles. The van der Waals surface area contributed by atoms with Crippen LogP contribution in [0.15, 0.2) is 69.6 Å². The third-order valence-electron chi connectivity index (χ3n) is 6.59. The van der Waals surface area contributed by atoms with Gasteiger partial charge in [0.1, 0.15) is 10.3 Å². The Morgan fingerprint density at radius 1 is 1.11 bits per heavy atom. The van der Waals surface area contributed by atoms with E-state index in [0.717, 1.165) is 17.7 Å². The van der Waals surface area contributed by atoms with Gasteiger partial charge in [0.2, 0.25) is 0 Å². The zero-order valence-corrected chi connectivity index (χ0v) is 22.8. The second kappa shape index (κ2) is 10.1. The van der Waals surface area contributed by atoms with Crippen molar-refractivity contribution < 1.29 is 19.1 Å². The maximum Gasteiger partial charge on any atom is 0.338 e. The lowest BCUT2D eigenvalue weighted by atomic mass is 9.95. The summed E-state index contributed by atoms with van der Waals surface area (Å²) in [6, 6.07) is 14.0. The summed E-state index contributed by atoms with van der Waals surface area (Å²) < 4.78 is 12.7. The summed E-state index contributed by atoms with van der Waals surface area (Å²) in [6.07, 6.45) is 0.440. The Hall–Kier alpha value is -3.98. The smallest absolute Gasteiger partial charge is 0.338 e. The number of ether oxygens (including phenoxy) is 2. The normalized spacial score (nSPS) is 17.9. The van der Waals surface area contributed by atoms with Crippen molar-refractivity contribution >= 4 is 34.5 Å². The highest BCUT2D eigenvalue weighted by atomic mass is 32.1. The van der Waals surface area contributed by atoms with Crippen molar-refractivity contribution in [3.05, 3.63) is 90.6 Å². The van der Waals surface area contributed by atoms with E-state index in [1.165, 1.54) is 15.9 Å². The number of nitrogens with zero attached hydrogens (tertiary/aromatic N) is 3. The molecular weight excluding hydrogens is 502 g/mol. The summed E-state index contributed by atoms with van der Waals surface area (Å²) in [5.74, 6) is -0.0783. The molecule has 0 radical (unpaired) electrons. The quantitative estimate of drug-likeness (QED) is 0.455. The number of fused-ring (bicyclic) bond motifs is 2. The Morgan fingerprint density at radius 3 is 2.47 bits per heavy atom. The van der Waals surface area contributed by atoms with E-state index in [2.05, 4.69) is 4.99 Å². The van der Waals surface area contributed by atoms with Gasteiger partial charge in [-0.2, -0.15) is 0 Å². The number of carbonyl (C=O) groups excluding carboxylic acids is 2. The number of allylic oxidation sites excluding steroid dienone is 1. The van der Waals surface area contributed by atoms with Crippen LogP contribution in [0.25, 0.3) is 5.57 Å². The van der Waals surface area contributed by atoms with E-state index in [0.29, 0.717) is 44.0 Å². The monoisotopic (exact) mass is 531 g/mol. The number of hydrogen-bond acceptors (Lipinski definition) is 7. The minimum atomic E-state index is -0.767. The first-order valence-corrected chi connectivity index (χ1v) is 13.4. The number of anilines is 1. The van der Waals surface area contributed by atoms with Gasteiger partial charge in [-0.05, 0) is 51.0 Å². The zero-order chi connectivity index (χ0) is 27.1. The number of para-hydroxylation sites is 1. The number of amides is 1. The van der Waals surface area contributed by atoms with Crippen LogP contribution in [0.3, 0.4) is 0 Å². The first-order valence-electron chi connectivity index (χ1n) is 12.6. The highest BCUT2D eigenvalue weighted by Gasteiger charge is 2.37. The van der Waals surface area contributed by atoms with E-state index in [9.17, 15) is 14.4 Å². The van der Waals surface area contributed by atoms with Crippen LogP contribution in [0.2, 0.25) is 0 Å². The first-order chi connectivity index (χ1) is 18.3. The lowest BCUT2D eigenvalue weighted by Gasteiger charge is -2.25. The SMILES string of the molecule is CCCN1C(=O)/C(=c2/sc3n(c2=O)[C@H](c2ccc(OC)cc2)C(C(=O)OC(C)C)=C(C)N=3)c2ccccc21. The predicted octanol–water partition coefficient (Wildman–Crippen LogP) is 3.32. The zero-order valence-electron chi connectivity index (χ0n) is 22.0. The number of carbonyl (C=O) groups is 2. The van der Waals surface area contributed by atoms with E-state index >= 15 is 0 Å². The van der Waals surface area contributed by atoms with Crippen LogP contribution in [0.4, 0.5) is 5.69 Å². The second-order valence-electron chi connectivity index (χ2n) is 9.48. The van der Waals surface area contributed by atoms with Gasteiger partial charge in [-0.3, -0.25) is 14.2 Å². The van der Waals surface area contributed by atoms with Crippen LogP contribution in [0.5, 0.6) is 5.75 Å². The molecule has 0 spiro atoms. The van der Waals surface area contributed by atoms with Crippen molar-refractivity contribution in [2.45, 2.75) is 46.3 Å². The lowest BCUT2D eigenvalue weighted by Crippen LogP contribution is -2.41. The Kier molecular flexibility index (Phi) is 6.79. The molecule has 0 unspecified atom stereocenters. The average Bonchev–Trinajstić information content (AvgIpc) is 3.35. The van der Waals surface area contributed by atoms with E-state index in [1.807, 2.05) is 43.3 Å². The Morgan fingerprint density at radius 2 is 1.82 bits per heavy atom. The molecule has 3 aromatic rings. The van der Waals surface area contributed by atoms with Crippen LogP contribution in [0, 0.1) is 0 Å². The van der Waals surface area contributed by atoms with Crippen LogP contribution in [-0.2, 0) is 14.3 Å². The first kappa shape index (κ1) is 25.7. The molecule has 2 aliphatic heterocycles. The van der Waals surface area contributed by atoms with Gasteiger partial charge < -0.3 is 14.4 Å². The second-order valence-corrected chi connectivity index (χ2v) is 10.5. The van der Waals surface area contributed by atoms with Gasteiger partial charge in [0.25, 0.3) is 11.5 Å². The molecule has 38 heavy (non-hydrogen) atoms. The van der Waals surface area contributed by atoms with Crippen molar-refractivity contribution in [2.75, 3.05) is 18.6 Å². The molecule has 1 amide bonds.